The van der Waals surface area contributed by atoms with Gasteiger partial charge in [-0.25, -0.2) is 4.39 Å². The van der Waals surface area contributed by atoms with E-state index >= 15 is 0 Å². The Bertz CT molecular complexity index is 291. The first-order valence-electron chi connectivity index (χ1n) is 4.45. The molecular formula is C10H12Cl2FN. The van der Waals surface area contributed by atoms with Crippen molar-refractivity contribution in [3.63, 3.8) is 0 Å². The third-order valence-electron chi connectivity index (χ3n) is 2.35. The van der Waals surface area contributed by atoms with Gasteiger partial charge in [0, 0.05) is 11.1 Å². The minimum atomic E-state index is -0.254. The zero-order valence-corrected chi connectivity index (χ0v) is 9.17. The standard InChI is InChI=1S/C10H11ClFN.ClH/c11-8-4-7(5-9(12)6-8)10-2-1-3-13-10;/h4-6,10,13H,1-3H2;1H/t10-;/m0./s1. The lowest BCUT2D eigenvalue weighted by molar-refractivity contribution is 0.607. The SMILES string of the molecule is Cl.Fc1cc(Cl)cc([C@@H]2CCCN2)c1. The van der Waals surface area contributed by atoms with Gasteiger partial charge in [-0.2, -0.15) is 0 Å². The number of rotatable bonds is 1. The van der Waals surface area contributed by atoms with Gasteiger partial charge in [0.1, 0.15) is 5.82 Å². The van der Waals surface area contributed by atoms with Gasteiger partial charge in [-0.05, 0) is 43.1 Å². The maximum atomic E-state index is 13.0. The maximum absolute atomic E-state index is 13.0. The molecule has 1 nitrogen and oxygen atoms in total. The van der Waals surface area contributed by atoms with E-state index in [2.05, 4.69) is 5.32 Å². The van der Waals surface area contributed by atoms with Crippen LogP contribution in [0.1, 0.15) is 24.4 Å². The quantitative estimate of drug-likeness (QED) is 0.788. The Balaban J connectivity index is 0.000000980. The van der Waals surface area contributed by atoms with E-state index in [9.17, 15) is 4.39 Å². The van der Waals surface area contributed by atoms with E-state index in [1.807, 2.05) is 6.07 Å². The lowest BCUT2D eigenvalue weighted by atomic mass is 10.1. The van der Waals surface area contributed by atoms with Crippen LogP contribution in [0.4, 0.5) is 4.39 Å². The molecule has 0 bridgehead atoms. The highest BCUT2D eigenvalue weighted by atomic mass is 35.5. The van der Waals surface area contributed by atoms with Crippen molar-refractivity contribution in [2.24, 2.45) is 0 Å². The summed E-state index contributed by atoms with van der Waals surface area (Å²) in [6.07, 6.45) is 2.22. The van der Waals surface area contributed by atoms with Gasteiger partial charge in [-0.3, -0.25) is 0 Å². The highest BCUT2D eigenvalue weighted by Gasteiger charge is 2.16. The van der Waals surface area contributed by atoms with Gasteiger partial charge in [-0.1, -0.05) is 11.6 Å². The van der Waals surface area contributed by atoms with Gasteiger partial charge < -0.3 is 5.32 Å². The van der Waals surface area contributed by atoms with E-state index in [1.165, 1.54) is 6.07 Å². The predicted octanol–water partition coefficient (Wildman–Crippen LogP) is 3.33. The van der Waals surface area contributed by atoms with Crippen LogP contribution in [0.15, 0.2) is 18.2 Å². The van der Waals surface area contributed by atoms with E-state index < -0.39 is 0 Å². The number of benzene rings is 1. The normalized spacial score (nSPS) is 20.6. The predicted molar refractivity (Wildman–Crippen MR) is 58.6 cm³/mol. The van der Waals surface area contributed by atoms with Crippen LogP contribution in [0.2, 0.25) is 5.02 Å². The summed E-state index contributed by atoms with van der Waals surface area (Å²) in [6.45, 7) is 1.01. The van der Waals surface area contributed by atoms with Crippen LogP contribution >= 0.6 is 24.0 Å². The molecular weight excluding hydrogens is 224 g/mol. The van der Waals surface area contributed by atoms with Gasteiger partial charge >= 0.3 is 0 Å². The summed E-state index contributed by atoms with van der Waals surface area (Å²) in [4.78, 5) is 0. The zero-order chi connectivity index (χ0) is 9.26. The number of nitrogens with one attached hydrogen (secondary N) is 1. The van der Waals surface area contributed by atoms with Gasteiger partial charge in [0.05, 0.1) is 0 Å². The second-order valence-electron chi connectivity index (χ2n) is 3.35. The van der Waals surface area contributed by atoms with E-state index in [-0.39, 0.29) is 24.3 Å². The van der Waals surface area contributed by atoms with Gasteiger partial charge in [0.25, 0.3) is 0 Å². The van der Waals surface area contributed by atoms with Crippen molar-refractivity contribution >= 4 is 24.0 Å². The molecule has 0 radical (unpaired) electrons. The molecule has 0 amide bonds. The summed E-state index contributed by atoms with van der Waals surface area (Å²) in [5.41, 5.74) is 0.961. The largest absolute Gasteiger partial charge is 0.310 e. The summed E-state index contributed by atoms with van der Waals surface area (Å²) in [7, 11) is 0. The molecule has 1 aromatic rings. The Morgan fingerprint density at radius 3 is 2.71 bits per heavy atom. The molecule has 0 spiro atoms. The molecule has 78 valence electrons. The van der Waals surface area contributed by atoms with E-state index in [4.69, 9.17) is 11.6 Å². The fraction of sp³-hybridized carbons (Fsp3) is 0.400. The highest BCUT2D eigenvalue weighted by molar-refractivity contribution is 6.30. The third kappa shape index (κ3) is 2.59. The van der Waals surface area contributed by atoms with Crippen LogP contribution in [-0.2, 0) is 0 Å². The summed E-state index contributed by atoms with van der Waals surface area (Å²) < 4.78 is 13.0. The van der Waals surface area contributed by atoms with Crippen LogP contribution in [0.3, 0.4) is 0 Å². The maximum Gasteiger partial charge on any atom is 0.125 e. The lowest BCUT2D eigenvalue weighted by Gasteiger charge is -2.10. The first-order chi connectivity index (χ1) is 6.25. The Hall–Kier alpha value is -0.310. The van der Waals surface area contributed by atoms with E-state index in [0.717, 1.165) is 24.9 Å². The van der Waals surface area contributed by atoms with Crippen molar-refractivity contribution in [2.75, 3.05) is 6.54 Å². The first-order valence-corrected chi connectivity index (χ1v) is 4.83. The van der Waals surface area contributed by atoms with Crippen molar-refractivity contribution in [1.82, 2.24) is 5.32 Å². The molecule has 1 N–H and O–H groups in total. The molecule has 1 aliphatic heterocycles. The minimum absolute atomic E-state index is 0. The summed E-state index contributed by atoms with van der Waals surface area (Å²) in [5, 5.41) is 3.78. The lowest BCUT2D eigenvalue weighted by Crippen LogP contribution is -2.12. The molecule has 1 atom stereocenters. The number of hydrogen-bond donors (Lipinski definition) is 1. The Labute approximate surface area is 94.1 Å². The molecule has 1 saturated heterocycles. The average molecular weight is 236 g/mol. The molecule has 0 saturated carbocycles. The van der Waals surface area contributed by atoms with Crippen molar-refractivity contribution < 1.29 is 4.39 Å². The van der Waals surface area contributed by atoms with Crippen molar-refractivity contribution in [1.29, 1.82) is 0 Å². The van der Waals surface area contributed by atoms with Gasteiger partial charge in [0.15, 0.2) is 0 Å². The first kappa shape index (κ1) is 11.8. The van der Waals surface area contributed by atoms with Crippen molar-refractivity contribution in [3.8, 4) is 0 Å². The molecule has 14 heavy (non-hydrogen) atoms. The molecule has 1 fully saturated rings. The molecule has 1 heterocycles. The van der Waals surface area contributed by atoms with Gasteiger partial charge in [0.2, 0.25) is 0 Å². The van der Waals surface area contributed by atoms with Crippen LogP contribution in [0.5, 0.6) is 0 Å². The topological polar surface area (TPSA) is 12.0 Å². The van der Waals surface area contributed by atoms with Crippen LogP contribution in [0.25, 0.3) is 0 Å². The van der Waals surface area contributed by atoms with Crippen LogP contribution in [-0.4, -0.2) is 6.54 Å². The number of hydrogen-bond acceptors (Lipinski definition) is 1. The minimum Gasteiger partial charge on any atom is -0.310 e. The monoisotopic (exact) mass is 235 g/mol. The third-order valence-corrected chi connectivity index (χ3v) is 2.57. The summed E-state index contributed by atoms with van der Waals surface area (Å²) in [6, 6.07) is 5.00. The van der Waals surface area contributed by atoms with Crippen LogP contribution < -0.4 is 5.32 Å². The molecule has 1 aromatic carbocycles. The molecule has 2 rings (SSSR count). The van der Waals surface area contributed by atoms with Gasteiger partial charge in [-0.15, -0.1) is 12.4 Å². The molecule has 0 aromatic heterocycles. The van der Waals surface area contributed by atoms with Crippen molar-refractivity contribution in [3.05, 3.63) is 34.6 Å². The highest BCUT2D eigenvalue weighted by Crippen LogP contribution is 2.25. The molecule has 4 heteroatoms. The Kier molecular flexibility index (Phi) is 4.17. The second kappa shape index (κ2) is 4.96. The summed E-state index contributed by atoms with van der Waals surface area (Å²) in [5.74, 6) is -0.254. The average Bonchev–Trinajstić information content (AvgIpc) is 2.53. The fourth-order valence-corrected chi connectivity index (χ4v) is 1.98. The smallest absolute Gasteiger partial charge is 0.125 e. The molecule has 0 unspecified atom stereocenters. The number of halogens is 3. The Morgan fingerprint density at radius 1 is 1.36 bits per heavy atom. The molecule has 0 aliphatic carbocycles. The fourth-order valence-electron chi connectivity index (χ4n) is 1.75. The van der Waals surface area contributed by atoms with Crippen LogP contribution in [0, 0.1) is 5.82 Å². The second-order valence-corrected chi connectivity index (χ2v) is 3.79. The molecule has 1 aliphatic rings. The zero-order valence-electron chi connectivity index (χ0n) is 7.59. The Morgan fingerprint density at radius 2 is 2.14 bits per heavy atom. The van der Waals surface area contributed by atoms with E-state index in [0.29, 0.717) is 5.02 Å². The van der Waals surface area contributed by atoms with E-state index in [1.54, 1.807) is 6.07 Å². The summed E-state index contributed by atoms with van der Waals surface area (Å²) >= 11 is 5.76. The van der Waals surface area contributed by atoms with Crippen molar-refractivity contribution in [2.45, 2.75) is 18.9 Å².